The first-order valence-electron chi connectivity index (χ1n) is 15.6. The summed E-state index contributed by atoms with van der Waals surface area (Å²) in [5.74, 6) is 11.5. The molecule has 40 heavy (non-hydrogen) atoms. The van der Waals surface area contributed by atoms with Crippen LogP contribution in [0.15, 0.2) is 36.4 Å². The third kappa shape index (κ3) is 15.4. The Morgan fingerprint density at radius 3 is 1.73 bits per heavy atom. The second-order valence-electron chi connectivity index (χ2n) is 10.8. The Bertz CT molecular complexity index is 1150. The highest BCUT2D eigenvalue weighted by molar-refractivity contribution is 5.97. The van der Waals surface area contributed by atoms with Gasteiger partial charge in [0.1, 0.15) is 0 Å². The van der Waals surface area contributed by atoms with Gasteiger partial charge in [0.05, 0.1) is 5.56 Å². The highest BCUT2D eigenvalue weighted by atomic mass is 16.4. The zero-order chi connectivity index (χ0) is 28.7. The van der Waals surface area contributed by atoms with E-state index in [1.54, 1.807) is 18.2 Å². The molecule has 4 nitrogen and oxygen atoms in total. The van der Waals surface area contributed by atoms with Gasteiger partial charge in [-0.15, -0.1) is 0 Å². The molecule has 216 valence electrons. The molecule has 0 spiro atoms. The van der Waals surface area contributed by atoms with Gasteiger partial charge in [0.2, 0.25) is 5.91 Å². The first kappa shape index (κ1) is 33.0. The monoisotopic (exact) mass is 543 g/mol. The number of rotatable bonds is 20. The van der Waals surface area contributed by atoms with Crippen LogP contribution in [-0.4, -0.2) is 17.0 Å². The van der Waals surface area contributed by atoms with Crippen LogP contribution in [0.2, 0.25) is 0 Å². The van der Waals surface area contributed by atoms with Crippen LogP contribution in [0, 0.1) is 23.7 Å². The fourth-order valence-corrected chi connectivity index (χ4v) is 4.80. The van der Waals surface area contributed by atoms with Crippen LogP contribution in [-0.2, 0) is 4.79 Å². The Morgan fingerprint density at radius 1 is 0.650 bits per heavy atom. The van der Waals surface area contributed by atoms with Gasteiger partial charge in [0.15, 0.2) is 0 Å². The van der Waals surface area contributed by atoms with Crippen molar-refractivity contribution in [2.45, 2.75) is 129 Å². The zero-order valence-electron chi connectivity index (χ0n) is 24.7. The molecule has 0 radical (unpaired) electrons. The maximum absolute atomic E-state index is 12.3. The summed E-state index contributed by atoms with van der Waals surface area (Å²) in [6.07, 6.45) is 22.5. The summed E-state index contributed by atoms with van der Waals surface area (Å²) in [6.45, 7) is 2.27. The number of nitrogens with one attached hydrogen (secondary N) is 1. The molecule has 2 aromatic rings. The van der Waals surface area contributed by atoms with Crippen LogP contribution in [0.5, 0.6) is 0 Å². The first-order valence-corrected chi connectivity index (χ1v) is 15.6. The summed E-state index contributed by atoms with van der Waals surface area (Å²) in [7, 11) is 0. The third-order valence-corrected chi connectivity index (χ3v) is 7.22. The molecule has 0 fully saturated rings. The van der Waals surface area contributed by atoms with Crippen molar-refractivity contribution in [2.75, 3.05) is 5.32 Å². The number of carbonyl (C=O) groups excluding carboxylic acids is 1. The number of carboxylic acid groups (broad SMARTS) is 1. The Hall–Kier alpha value is -3.24. The quantitative estimate of drug-likeness (QED) is 0.129. The van der Waals surface area contributed by atoms with Gasteiger partial charge in [0.25, 0.3) is 0 Å². The van der Waals surface area contributed by atoms with Gasteiger partial charge in [-0.1, -0.05) is 114 Å². The van der Waals surface area contributed by atoms with Crippen molar-refractivity contribution in [3.8, 4) is 23.7 Å². The molecule has 0 heterocycles. The predicted octanol–water partition coefficient (Wildman–Crippen LogP) is 9.92. The van der Waals surface area contributed by atoms with Crippen LogP contribution in [0.25, 0.3) is 10.8 Å². The molecule has 0 saturated carbocycles. The molecule has 2 aromatic carbocycles. The number of anilines is 1. The Balaban J connectivity index is 1.41. The van der Waals surface area contributed by atoms with Gasteiger partial charge < -0.3 is 10.4 Å². The summed E-state index contributed by atoms with van der Waals surface area (Å²) < 4.78 is 0. The summed E-state index contributed by atoms with van der Waals surface area (Å²) in [5, 5.41) is 13.8. The van der Waals surface area contributed by atoms with E-state index in [1.165, 1.54) is 77.0 Å². The van der Waals surface area contributed by atoms with Crippen molar-refractivity contribution < 1.29 is 14.7 Å². The summed E-state index contributed by atoms with van der Waals surface area (Å²) in [4.78, 5) is 23.4. The lowest BCUT2D eigenvalue weighted by atomic mass is 10.1. The Morgan fingerprint density at radius 2 is 1.15 bits per heavy atom. The number of benzene rings is 2. The average molecular weight is 544 g/mol. The summed E-state index contributed by atoms with van der Waals surface area (Å²) >= 11 is 0. The van der Waals surface area contributed by atoms with Crippen LogP contribution in [0.4, 0.5) is 5.69 Å². The number of fused-ring (bicyclic) bond motifs is 1. The molecule has 0 saturated heterocycles. The average Bonchev–Trinajstić information content (AvgIpc) is 2.95. The van der Waals surface area contributed by atoms with E-state index in [-0.39, 0.29) is 11.5 Å². The minimum Gasteiger partial charge on any atom is -0.478 e. The van der Waals surface area contributed by atoms with E-state index in [1.807, 2.05) is 18.2 Å². The molecular formula is C36H49NO3. The molecule has 0 aliphatic carbocycles. The molecule has 0 bridgehead atoms. The Labute approximate surface area is 242 Å². The number of hydrogen-bond donors (Lipinski definition) is 2. The van der Waals surface area contributed by atoms with Crippen molar-refractivity contribution in [1.82, 2.24) is 0 Å². The van der Waals surface area contributed by atoms with Crippen molar-refractivity contribution >= 4 is 28.3 Å². The van der Waals surface area contributed by atoms with E-state index in [9.17, 15) is 9.59 Å². The predicted molar refractivity (Wildman–Crippen MR) is 168 cm³/mol. The van der Waals surface area contributed by atoms with E-state index in [4.69, 9.17) is 5.11 Å². The normalized spacial score (nSPS) is 10.4. The van der Waals surface area contributed by atoms with Gasteiger partial charge in [-0.2, -0.15) is 0 Å². The maximum atomic E-state index is 12.3. The number of aromatic carboxylic acids is 1. The van der Waals surface area contributed by atoms with Crippen molar-refractivity contribution in [3.05, 3.63) is 42.0 Å². The lowest BCUT2D eigenvalue weighted by Gasteiger charge is -2.07. The van der Waals surface area contributed by atoms with Crippen molar-refractivity contribution in [2.24, 2.45) is 0 Å². The van der Waals surface area contributed by atoms with Crippen LogP contribution >= 0.6 is 0 Å². The molecule has 1 amide bonds. The van der Waals surface area contributed by atoms with Crippen molar-refractivity contribution in [1.29, 1.82) is 0 Å². The second-order valence-corrected chi connectivity index (χ2v) is 10.8. The Kier molecular flexibility index (Phi) is 17.8. The number of amides is 1. The highest BCUT2D eigenvalue weighted by Gasteiger charge is 2.06. The van der Waals surface area contributed by atoms with E-state index < -0.39 is 5.97 Å². The molecule has 2 rings (SSSR count). The van der Waals surface area contributed by atoms with Gasteiger partial charge in [-0.3, -0.25) is 4.79 Å². The van der Waals surface area contributed by atoms with E-state index in [0.717, 1.165) is 55.0 Å². The lowest BCUT2D eigenvalue weighted by molar-refractivity contribution is -0.116. The highest BCUT2D eigenvalue weighted by Crippen LogP contribution is 2.21. The third-order valence-electron chi connectivity index (χ3n) is 7.22. The zero-order valence-corrected chi connectivity index (χ0v) is 24.7. The smallest absolute Gasteiger partial charge is 0.335 e. The van der Waals surface area contributed by atoms with E-state index >= 15 is 0 Å². The minimum absolute atomic E-state index is 0.0195. The first-order chi connectivity index (χ1) is 19.6. The molecule has 0 aliphatic heterocycles. The lowest BCUT2D eigenvalue weighted by Crippen LogP contribution is -2.10. The van der Waals surface area contributed by atoms with Gasteiger partial charge in [-0.25, -0.2) is 4.79 Å². The largest absolute Gasteiger partial charge is 0.478 e. The summed E-state index contributed by atoms with van der Waals surface area (Å²) in [5.41, 5.74) is 1.00. The van der Waals surface area contributed by atoms with Gasteiger partial charge in [0, 0.05) is 24.9 Å². The molecule has 4 heteroatoms. The van der Waals surface area contributed by atoms with Crippen LogP contribution in [0.3, 0.4) is 0 Å². The molecule has 2 N–H and O–H groups in total. The van der Waals surface area contributed by atoms with Crippen LogP contribution < -0.4 is 5.32 Å². The number of unbranched alkanes of at least 4 members (excludes halogenated alkanes) is 16. The van der Waals surface area contributed by atoms with Gasteiger partial charge >= 0.3 is 5.97 Å². The maximum Gasteiger partial charge on any atom is 0.335 e. The van der Waals surface area contributed by atoms with Gasteiger partial charge in [-0.05, 0) is 66.1 Å². The van der Waals surface area contributed by atoms with E-state index in [2.05, 4.69) is 35.9 Å². The molecule has 0 aliphatic rings. The second kappa shape index (κ2) is 21.6. The molecule has 0 unspecified atom stereocenters. The number of carboxylic acids is 1. The van der Waals surface area contributed by atoms with Crippen molar-refractivity contribution in [3.63, 3.8) is 0 Å². The fourth-order valence-electron chi connectivity index (χ4n) is 4.80. The molecular weight excluding hydrogens is 494 g/mol. The topological polar surface area (TPSA) is 66.4 Å². The van der Waals surface area contributed by atoms with E-state index in [0.29, 0.717) is 6.42 Å². The number of hydrogen-bond acceptors (Lipinski definition) is 2. The molecule has 0 aromatic heterocycles. The van der Waals surface area contributed by atoms with Crippen LogP contribution in [0.1, 0.15) is 139 Å². The summed E-state index contributed by atoms with van der Waals surface area (Å²) in [6, 6.07) is 10.5. The fraction of sp³-hybridized carbons (Fsp3) is 0.556. The number of carbonyl (C=O) groups is 2. The molecule has 0 atom stereocenters. The minimum atomic E-state index is -0.942. The SMILES string of the molecule is CCCCCCCCCCCCC#CC#CCCCCCCCCC(=O)Nc1ccc2cc(C(=O)O)ccc2c1. The standard InChI is InChI=1S/C36H49NO3/c1-2-3-4-5-6-7-8-9-10-11-12-13-14-15-16-17-18-19-20-21-22-23-24-35(38)37-34-28-27-31-29-33(36(39)40)26-25-32(31)30-34/h25-30H,2-12,17-24H2,1H3,(H,37,38)(H,39,40).